The SMILES string of the molecule is CCCN(CC)CCn1cncc1CCN. The molecule has 0 saturated heterocycles. The van der Waals surface area contributed by atoms with Crippen LogP contribution in [0.2, 0.25) is 0 Å². The average molecular weight is 224 g/mol. The zero-order valence-corrected chi connectivity index (χ0v) is 10.5. The second-order valence-corrected chi connectivity index (χ2v) is 4.05. The highest BCUT2D eigenvalue weighted by atomic mass is 15.2. The molecule has 0 spiro atoms. The quantitative estimate of drug-likeness (QED) is 0.719. The Labute approximate surface area is 98.5 Å². The standard InChI is InChI=1S/C12H24N4/c1-3-7-15(4-2)8-9-16-11-14-10-12(16)5-6-13/h10-11H,3-9,13H2,1-2H3. The van der Waals surface area contributed by atoms with Gasteiger partial charge in [0.2, 0.25) is 0 Å². The van der Waals surface area contributed by atoms with E-state index in [9.17, 15) is 0 Å². The maximum Gasteiger partial charge on any atom is 0.0948 e. The third-order valence-corrected chi connectivity index (χ3v) is 2.84. The number of nitrogens with two attached hydrogens (primary N) is 1. The largest absolute Gasteiger partial charge is 0.333 e. The number of nitrogens with zero attached hydrogens (tertiary/aromatic N) is 3. The van der Waals surface area contributed by atoms with Crippen molar-refractivity contribution in [1.82, 2.24) is 14.5 Å². The first-order chi connectivity index (χ1) is 7.81. The fourth-order valence-corrected chi connectivity index (χ4v) is 1.90. The number of hydrogen-bond donors (Lipinski definition) is 1. The minimum absolute atomic E-state index is 0.693. The number of likely N-dealkylation sites (N-methyl/N-ethyl adjacent to an activating group) is 1. The van der Waals surface area contributed by atoms with Crippen molar-refractivity contribution in [2.45, 2.75) is 33.2 Å². The molecule has 0 aliphatic heterocycles. The summed E-state index contributed by atoms with van der Waals surface area (Å²) in [7, 11) is 0. The minimum Gasteiger partial charge on any atom is -0.333 e. The molecule has 92 valence electrons. The molecule has 1 aromatic heterocycles. The molecule has 16 heavy (non-hydrogen) atoms. The van der Waals surface area contributed by atoms with Gasteiger partial charge in [-0.25, -0.2) is 4.98 Å². The second-order valence-electron chi connectivity index (χ2n) is 4.05. The van der Waals surface area contributed by atoms with Gasteiger partial charge in [-0.2, -0.15) is 0 Å². The molecule has 4 heteroatoms. The maximum atomic E-state index is 5.57. The predicted octanol–water partition coefficient (Wildman–Crippen LogP) is 1.12. The van der Waals surface area contributed by atoms with Crippen molar-refractivity contribution in [3.63, 3.8) is 0 Å². The van der Waals surface area contributed by atoms with Crippen LogP contribution in [0.4, 0.5) is 0 Å². The van der Waals surface area contributed by atoms with Gasteiger partial charge in [-0.3, -0.25) is 0 Å². The molecule has 0 atom stereocenters. The van der Waals surface area contributed by atoms with Gasteiger partial charge in [-0.15, -0.1) is 0 Å². The Morgan fingerprint density at radius 3 is 2.81 bits per heavy atom. The van der Waals surface area contributed by atoms with Crippen LogP contribution in [0.15, 0.2) is 12.5 Å². The lowest BCUT2D eigenvalue weighted by Crippen LogP contribution is -2.28. The molecule has 4 nitrogen and oxygen atoms in total. The van der Waals surface area contributed by atoms with Gasteiger partial charge < -0.3 is 15.2 Å². The molecule has 0 saturated carbocycles. The Hall–Kier alpha value is -0.870. The third kappa shape index (κ3) is 3.94. The van der Waals surface area contributed by atoms with Gasteiger partial charge >= 0.3 is 0 Å². The van der Waals surface area contributed by atoms with E-state index in [1.807, 2.05) is 12.5 Å². The highest BCUT2D eigenvalue weighted by Gasteiger charge is 2.04. The minimum atomic E-state index is 0.693. The lowest BCUT2D eigenvalue weighted by molar-refractivity contribution is 0.275. The Morgan fingerprint density at radius 2 is 2.19 bits per heavy atom. The van der Waals surface area contributed by atoms with Crippen molar-refractivity contribution in [3.05, 3.63) is 18.2 Å². The topological polar surface area (TPSA) is 47.1 Å². The lowest BCUT2D eigenvalue weighted by atomic mass is 10.3. The summed E-state index contributed by atoms with van der Waals surface area (Å²) in [6.07, 6.45) is 5.96. The first kappa shape index (κ1) is 13.2. The molecule has 0 aliphatic carbocycles. The monoisotopic (exact) mass is 224 g/mol. The van der Waals surface area contributed by atoms with Gasteiger partial charge in [0.05, 0.1) is 6.33 Å². The summed E-state index contributed by atoms with van der Waals surface area (Å²) in [5.41, 5.74) is 6.81. The molecule has 1 rings (SSSR count). The van der Waals surface area contributed by atoms with E-state index in [0.29, 0.717) is 6.54 Å². The molecule has 0 bridgehead atoms. The Bertz CT molecular complexity index is 282. The molecule has 0 aliphatic rings. The first-order valence-electron chi connectivity index (χ1n) is 6.23. The van der Waals surface area contributed by atoms with Crippen LogP contribution in [-0.2, 0) is 13.0 Å². The fourth-order valence-electron chi connectivity index (χ4n) is 1.90. The molecule has 0 unspecified atom stereocenters. The van der Waals surface area contributed by atoms with Crippen LogP contribution >= 0.6 is 0 Å². The van der Waals surface area contributed by atoms with Crippen LogP contribution in [0.3, 0.4) is 0 Å². The number of imidazole rings is 1. The second kappa shape index (κ2) is 7.41. The Balaban J connectivity index is 2.43. The fraction of sp³-hybridized carbons (Fsp3) is 0.750. The summed E-state index contributed by atoms with van der Waals surface area (Å²) >= 11 is 0. The highest BCUT2D eigenvalue weighted by molar-refractivity contribution is 4.98. The normalized spacial score (nSPS) is 11.2. The Kier molecular flexibility index (Phi) is 6.11. The number of rotatable bonds is 8. The zero-order chi connectivity index (χ0) is 11.8. The van der Waals surface area contributed by atoms with Crippen LogP contribution in [0, 0.1) is 0 Å². The van der Waals surface area contributed by atoms with E-state index in [4.69, 9.17) is 5.73 Å². The molecular formula is C12H24N4. The molecule has 0 amide bonds. The van der Waals surface area contributed by atoms with E-state index in [-0.39, 0.29) is 0 Å². The van der Waals surface area contributed by atoms with E-state index in [0.717, 1.165) is 26.1 Å². The van der Waals surface area contributed by atoms with E-state index < -0.39 is 0 Å². The summed E-state index contributed by atoms with van der Waals surface area (Å²) in [5, 5.41) is 0. The number of aromatic nitrogens is 2. The summed E-state index contributed by atoms with van der Waals surface area (Å²) in [4.78, 5) is 6.64. The van der Waals surface area contributed by atoms with Gasteiger partial charge in [0.15, 0.2) is 0 Å². The van der Waals surface area contributed by atoms with E-state index in [2.05, 4.69) is 28.3 Å². The van der Waals surface area contributed by atoms with Gasteiger partial charge in [0.1, 0.15) is 0 Å². The number of hydrogen-bond acceptors (Lipinski definition) is 3. The van der Waals surface area contributed by atoms with Gasteiger partial charge in [0, 0.05) is 31.4 Å². The average Bonchev–Trinajstić information content (AvgIpc) is 2.72. The summed E-state index contributed by atoms with van der Waals surface area (Å²) < 4.78 is 2.21. The van der Waals surface area contributed by atoms with Crippen LogP contribution < -0.4 is 5.73 Å². The van der Waals surface area contributed by atoms with Crippen molar-refractivity contribution < 1.29 is 0 Å². The van der Waals surface area contributed by atoms with Crippen LogP contribution in [-0.4, -0.2) is 40.6 Å². The summed E-state index contributed by atoms with van der Waals surface area (Å²) in [5.74, 6) is 0. The predicted molar refractivity (Wildman–Crippen MR) is 67.4 cm³/mol. The highest BCUT2D eigenvalue weighted by Crippen LogP contribution is 2.01. The van der Waals surface area contributed by atoms with Gasteiger partial charge in [-0.1, -0.05) is 13.8 Å². The zero-order valence-electron chi connectivity index (χ0n) is 10.5. The van der Waals surface area contributed by atoms with Crippen molar-refractivity contribution in [1.29, 1.82) is 0 Å². The van der Waals surface area contributed by atoms with E-state index in [1.165, 1.54) is 18.7 Å². The van der Waals surface area contributed by atoms with Crippen LogP contribution in [0.5, 0.6) is 0 Å². The van der Waals surface area contributed by atoms with E-state index in [1.54, 1.807) is 0 Å². The molecule has 1 heterocycles. The molecule has 0 radical (unpaired) electrons. The van der Waals surface area contributed by atoms with Crippen molar-refractivity contribution in [3.8, 4) is 0 Å². The molecular weight excluding hydrogens is 200 g/mol. The molecule has 0 fully saturated rings. The molecule has 1 aromatic rings. The van der Waals surface area contributed by atoms with Crippen molar-refractivity contribution >= 4 is 0 Å². The lowest BCUT2D eigenvalue weighted by Gasteiger charge is -2.20. The Morgan fingerprint density at radius 1 is 1.38 bits per heavy atom. The smallest absolute Gasteiger partial charge is 0.0948 e. The third-order valence-electron chi connectivity index (χ3n) is 2.84. The molecule has 2 N–H and O–H groups in total. The first-order valence-corrected chi connectivity index (χ1v) is 6.23. The van der Waals surface area contributed by atoms with Crippen molar-refractivity contribution in [2.24, 2.45) is 5.73 Å². The summed E-state index contributed by atoms with van der Waals surface area (Å²) in [6.45, 7) is 9.54. The summed E-state index contributed by atoms with van der Waals surface area (Å²) in [6, 6.07) is 0. The maximum absolute atomic E-state index is 5.57. The van der Waals surface area contributed by atoms with Crippen molar-refractivity contribution in [2.75, 3.05) is 26.2 Å². The van der Waals surface area contributed by atoms with E-state index >= 15 is 0 Å². The van der Waals surface area contributed by atoms with Crippen LogP contribution in [0.1, 0.15) is 26.0 Å². The van der Waals surface area contributed by atoms with Gasteiger partial charge in [0.25, 0.3) is 0 Å². The van der Waals surface area contributed by atoms with Gasteiger partial charge in [-0.05, 0) is 26.1 Å². The molecule has 0 aromatic carbocycles. The van der Waals surface area contributed by atoms with Crippen LogP contribution in [0.25, 0.3) is 0 Å².